The van der Waals surface area contributed by atoms with E-state index in [4.69, 9.17) is 4.74 Å². The number of benzene rings is 2. The summed E-state index contributed by atoms with van der Waals surface area (Å²) >= 11 is 0. The predicted molar refractivity (Wildman–Crippen MR) is 99.4 cm³/mol. The van der Waals surface area contributed by atoms with Crippen LogP contribution in [0.1, 0.15) is 23.1 Å². The molecule has 128 valence electrons. The van der Waals surface area contributed by atoms with Gasteiger partial charge < -0.3 is 10.1 Å². The second kappa shape index (κ2) is 7.11. The van der Waals surface area contributed by atoms with Crippen molar-refractivity contribution in [3.05, 3.63) is 71.5 Å². The lowest BCUT2D eigenvalue weighted by atomic mass is 10.0. The molecule has 0 bridgehead atoms. The summed E-state index contributed by atoms with van der Waals surface area (Å²) < 4.78 is 7.50. The minimum Gasteiger partial charge on any atom is -0.493 e. The van der Waals surface area contributed by atoms with Crippen molar-refractivity contribution in [2.24, 2.45) is 7.05 Å². The van der Waals surface area contributed by atoms with Gasteiger partial charge >= 0.3 is 0 Å². The van der Waals surface area contributed by atoms with Crippen molar-refractivity contribution in [1.82, 2.24) is 15.1 Å². The molecule has 1 aromatic heterocycles. The van der Waals surface area contributed by atoms with Crippen molar-refractivity contribution < 1.29 is 4.74 Å². The lowest BCUT2D eigenvalue weighted by Crippen LogP contribution is -2.14. The maximum absolute atomic E-state index is 5.68. The fraction of sp³-hybridized carbons (Fsp3) is 0.286. The molecule has 0 amide bonds. The van der Waals surface area contributed by atoms with Gasteiger partial charge in [-0.05, 0) is 41.2 Å². The first-order valence-electron chi connectivity index (χ1n) is 8.81. The lowest BCUT2D eigenvalue weighted by Gasteiger charge is -2.18. The summed E-state index contributed by atoms with van der Waals surface area (Å²) in [4.78, 5) is 0. The number of fused-ring (bicyclic) bond motifs is 1. The molecular formula is C21H23N3O. The van der Waals surface area contributed by atoms with E-state index in [0.717, 1.165) is 43.9 Å². The standard InChI is InChI=1S/C21H23N3O/c1-24-15-20(14-23-24)18-7-4-16(5-8-18)12-22-13-17-6-9-21-19(11-17)3-2-10-25-21/h4-9,11,14-15,22H,2-3,10,12-13H2,1H3. The Labute approximate surface area is 148 Å². The zero-order valence-corrected chi connectivity index (χ0v) is 14.5. The number of hydrogen-bond acceptors (Lipinski definition) is 3. The van der Waals surface area contributed by atoms with Crippen LogP contribution in [0.4, 0.5) is 0 Å². The number of aryl methyl sites for hydroxylation is 2. The molecule has 1 aliphatic rings. The van der Waals surface area contributed by atoms with Crippen molar-refractivity contribution in [1.29, 1.82) is 0 Å². The Balaban J connectivity index is 1.34. The number of hydrogen-bond donors (Lipinski definition) is 1. The Bertz CT molecular complexity index is 852. The van der Waals surface area contributed by atoms with Crippen LogP contribution in [0.3, 0.4) is 0 Å². The van der Waals surface area contributed by atoms with Crippen molar-refractivity contribution in [2.75, 3.05) is 6.61 Å². The Morgan fingerprint density at radius 1 is 1.04 bits per heavy atom. The summed E-state index contributed by atoms with van der Waals surface area (Å²) in [7, 11) is 1.94. The van der Waals surface area contributed by atoms with E-state index in [1.54, 1.807) is 0 Å². The fourth-order valence-corrected chi connectivity index (χ4v) is 3.26. The van der Waals surface area contributed by atoms with Crippen LogP contribution in [-0.4, -0.2) is 16.4 Å². The molecule has 0 fully saturated rings. The highest BCUT2D eigenvalue weighted by Crippen LogP contribution is 2.25. The van der Waals surface area contributed by atoms with Crippen molar-refractivity contribution in [3.63, 3.8) is 0 Å². The SMILES string of the molecule is Cn1cc(-c2ccc(CNCc3ccc4c(c3)CCCO4)cc2)cn1. The summed E-state index contributed by atoms with van der Waals surface area (Å²) in [5, 5.41) is 7.76. The van der Waals surface area contributed by atoms with Gasteiger partial charge in [-0.2, -0.15) is 5.10 Å². The summed E-state index contributed by atoms with van der Waals surface area (Å²) in [5.74, 6) is 1.06. The lowest BCUT2D eigenvalue weighted by molar-refractivity contribution is 0.288. The number of nitrogens with zero attached hydrogens (tertiary/aromatic N) is 2. The van der Waals surface area contributed by atoms with E-state index in [9.17, 15) is 0 Å². The highest BCUT2D eigenvalue weighted by atomic mass is 16.5. The molecule has 0 atom stereocenters. The van der Waals surface area contributed by atoms with Gasteiger partial charge in [0.15, 0.2) is 0 Å². The van der Waals surface area contributed by atoms with E-state index in [1.807, 2.05) is 24.1 Å². The van der Waals surface area contributed by atoms with E-state index in [-0.39, 0.29) is 0 Å². The molecule has 4 heteroatoms. The van der Waals surface area contributed by atoms with E-state index in [2.05, 4.69) is 52.9 Å². The second-order valence-electron chi connectivity index (χ2n) is 6.60. The molecule has 0 saturated heterocycles. The van der Waals surface area contributed by atoms with Gasteiger partial charge in [-0.15, -0.1) is 0 Å². The number of nitrogens with one attached hydrogen (secondary N) is 1. The van der Waals surface area contributed by atoms with Crippen molar-refractivity contribution >= 4 is 0 Å². The normalized spacial score (nSPS) is 13.3. The molecule has 1 N–H and O–H groups in total. The first-order valence-corrected chi connectivity index (χ1v) is 8.81. The van der Waals surface area contributed by atoms with Crippen LogP contribution in [0, 0.1) is 0 Å². The highest BCUT2D eigenvalue weighted by Gasteiger charge is 2.10. The van der Waals surface area contributed by atoms with Crippen LogP contribution < -0.4 is 10.1 Å². The Morgan fingerprint density at radius 2 is 1.84 bits per heavy atom. The minimum atomic E-state index is 0.847. The molecule has 0 saturated carbocycles. The molecule has 4 rings (SSSR count). The van der Waals surface area contributed by atoms with Crippen LogP contribution in [0.5, 0.6) is 5.75 Å². The largest absolute Gasteiger partial charge is 0.493 e. The molecule has 0 radical (unpaired) electrons. The van der Waals surface area contributed by atoms with Gasteiger partial charge in [-0.25, -0.2) is 0 Å². The monoisotopic (exact) mass is 333 g/mol. The average molecular weight is 333 g/mol. The molecule has 4 nitrogen and oxygen atoms in total. The van der Waals surface area contributed by atoms with Gasteiger partial charge in [0.05, 0.1) is 12.8 Å². The third-order valence-electron chi connectivity index (χ3n) is 4.62. The van der Waals surface area contributed by atoms with Gasteiger partial charge in [0.1, 0.15) is 5.75 Å². The molecule has 1 aliphatic heterocycles. The second-order valence-corrected chi connectivity index (χ2v) is 6.60. The van der Waals surface area contributed by atoms with E-state index in [1.165, 1.54) is 22.3 Å². The topological polar surface area (TPSA) is 39.1 Å². The number of ether oxygens (including phenoxy) is 1. The Morgan fingerprint density at radius 3 is 2.64 bits per heavy atom. The summed E-state index contributed by atoms with van der Waals surface area (Å²) in [5.41, 5.74) is 6.29. The highest BCUT2D eigenvalue weighted by molar-refractivity contribution is 5.61. The number of rotatable bonds is 5. The maximum Gasteiger partial charge on any atom is 0.122 e. The van der Waals surface area contributed by atoms with E-state index >= 15 is 0 Å². The smallest absolute Gasteiger partial charge is 0.122 e. The predicted octanol–water partition coefficient (Wildman–Crippen LogP) is 3.70. The molecular weight excluding hydrogens is 310 g/mol. The summed E-state index contributed by atoms with van der Waals surface area (Å²) in [6, 6.07) is 15.2. The zero-order chi connectivity index (χ0) is 17.1. The average Bonchev–Trinajstić information content (AvgIpc) is 3.09. The summed E-state index contributed by atoms with van der Waals surface area (Å²) in [6.45, 7) is 2.58. The molecule has 0 unspecified atom stereocenters. The quantitative estimate of drug-likeness (QED) is 0.774. The molecule has 0 aliphatic carbocycles. The molecule has 2 heterocycles. The van der Waals surface area contributed by atoms with Crippen LogP contribution in [0.15, 0.2) is 54.9 Å². The first kappa shape index (κ1) is 15.9. The molecule has 3 aromatic rings. The Kier molecular flexibility index (Phi) is 4.53. The van der Waals surface area contributed by atoms with Gasteiger partial charge in [-0.3, -0.25) is 4.68 Å². The maximum atomic E-state index is 5.68. The van der Waals surface area contributed by atoms with Crippen molar-refractivity contribution in [2.45, 2.75) is 25.9 Å². The third-order valence-corrected chi connectivity index (χ3v) is 4.62. The minimum absolute atomic E-state index is 0.847. The van der Waals surface area contributed by atoms with Crippen LogP contribution >= 0.6 is 0 Å². The van der Waals surface area contributed by atoms with Crippen LogP contribution in [0.25, 0.3) is 11.1 Å². The fourth-order valence-electron chi connectivity index (χ4n) is 3.26. The third kappa shape index (κ3) is 3.74. The molecule has 25 heavy (non-hydrogen) atoms. The summed E-state index contributed by atoms with van der Waals surface area (Å²) in [6.07, 6.45) is 6.17. The van der Waals surface area contributed by atoms with Crippen LogP contribution in [0.2, 0.25) is 0 Å². The first-order chi connectivity index (χ1) is 12.3. The van der Waals surface area contributed by atoms with Crippen molar-refractivity contribution in [3.8, 4) is 16.9 Å². The van der Waals surface area contributed by atoms with Gasteiger partial charge in [0, 0.05) is 31.9 Å². The molecule has 2 aromatic carbocycles. The van der Waals surface area contributed by atoms with E-state index < -0.39 is 0 Å². The zero-order valence-electron chi connectivity index (χ0n) is 14.5. The van der Waals surface area contributed by atoms with Gasteiger partial charge in [0.25, 0.3) is 0 Å². The number of aromatic nitrogens is 2. The Hall–Kier alpha value is -2.59. The molecule has 0 spiro atoms. The van der Waals surface area contributed by atoms with E-state index in [0.29, 0.717) is 0 Å². The van der Waals surface area contributed by atoms with Gasteiger partial charge in [-0.1, -0.05) is 36.4 Å². The van der Waals surface area contributed by atoms with Gasteiger partial charge in [0.2, 0.25) is 0 Å². The van der Waals surface area contributed by atoms with Crippen LogP contribution in [-0.2, 0) is 26.6 Å².